The maximum atomic E-state index is 13.6. The summed E-state index contributed by atoms with van der Waals surface area (Å²) in [5.74, 6) is 1.57. The van der Waals surface area contributed by atoms with Gasteiger partial charge in [0.25, 0.3) is 31.7 Å². The zero-order valence-corrected chi connectivity index (χ0v) is 57.6. The van der Waals surface area contributed by atoms with Crippen LogP contribution >= 0.6 is 23.5 Å². The van der Waals surface area contributed by atoms with Crippen LogP contribution in [0.3, 0.4) is 0 Å². The van der Waals surface area contributed by atoms with Gasteiger partial charge in [0.05, 0.1) is 94.8 Å². The van der Waals surface area contributed by atoms with Gasteiger partial charge in [-0.25, -0.2) is 27.9 Å². The van der Waals surface area contributed by atoms with Crippen molar-refractivity contribution in [1.29, 1.82) is 0 Å². The molecule has 534 valence electrons. The number of amides is 2. The highest BCUT2D eigenvalue weighted by Crippen LogP contribution is 2.66. The van der Waals surface area contributed by atoms with Gasteiger partial charge in [0.2, 0.25) is 11.3 Å². The quantitative estimate of drug-likeness (QED) is 0.00952. The number of nitrogens with zero attached hydrogens (tertiary/aromatic N) is 3. The number of aromatic nitrogens is 2. The fraction of sp³-hybridized carbons (Fsp3) is 0.448. The Kier molecular flexibility index (Phi) is 24.2. The summed E-state index contributed by atoms with van der Waals surface area (Å²) in [6.07, 6.45) is -0.270. The van der Waals surface area contributed by atoms with Crippen LogP contribution in [0.15, 0.2) is 70.4 Å². The number of benzene rings is 3. The largest absolute Gasteiger partial charge is 0.490 e. The number of carbonyl (C=O) groups excluding carboxylic acids is 2. The Labute approximate surface area is 559 Å². The average Bonchev–Trinajstić information content (AvgIpc) is 0.803. The van der Waals surface area contributed by atoms with Crippen LogP contribution in [0.5, 0.6) is 11.5 Å². The first-order valence-corrected chi connectivity index (χ1v) is 37.3. The van der Waals surface area contributed by atoms with Gasteiger partial charge in [-0.2, -0.15) is 25.5 Å². The molecule has 1 saturated heterocycles. The molecule has 5 atom stereocenters. The van der Waals surface area contributed by atoms with Gasteiger partial charge in [-0.05, 0) is 60.9 Å². The lowest BCUT2D eigenvalue weighted by molar-refractivity contribution is -0.122. The summed E-state index contributed by atoms with van der Waals surface area (Å²) in [5, 5.41) is 27.4. The summed E-state index contributed by atoms with van der Waals surface area (Å²) >= 11 is 0. The lowest BCUT2D eigenvalue weighted by atomic mass is 9.83. The van der Waals surface area contributed by atoms with Crippen molar-refractivity contribution in [3.63, 3.8) is 0 Å². The van der Waals surface area contributed by atoms with Gasteiger partial charge in [0, 0.05) is 85.7 Å². The van der Waals surface area contributed by atoms with E-state index in [1.807, 2.05) is 42.2 Å². The maximum Gasteiger partial charge on any atom is 0.490 e. The normalized spacial score (nSPS) is 19.0. The lowest BCUT2D eigenvalue weighted by Gasteiger charge is -2.41. The number of hydrogen-bond donors (Lipinski definition) is 11. The van der Waals surface area contributed by atoms with Gasteiger partial charge in [-0.15, -0.1) is 0 Å². The minimum Gasteiger partial charge on any atom is -0.478 e. The zero-order chi connectivity index (χ0) is 72.1. The van der Waals surface area contributed by atoms with Crippen LogP contribution in [0.1, 0.15) is 95.3 Å². The molecule has 0 aliphatic carbocycles. The Bertz CT molecular complexity index is 4590. The number of rotatable bonds is 31. The van der Waals surface area contributed by atoms with E-state index in [-0.39, 0.29) is 129 Å². The Morgan fingerprint density at radius 2 is 1.40 bits per heavy atom. The highest BCUT2D eigenvalue weighted by Gasteiger charge is 2.44. The number of anilines is 1. The maximum absolute atomic E-state index is 13.6. The van der Waals surface area contributed by atoms with Crippen LogP contribution in [-0.2, 0) is 75.6 Å². The molecule has 4 aliphatic rings. The standard InChI is InChI=1S/C58H71N6O29P3S2/c1-57(2)28-36(32-97(79,80)81)39-23-42-47(25-44(39)62(57)5)90-48-26-45-40(37(33-98(82,83)84)29-58(3,4)63(45)6)24-43(48)52(42)38-10-9-34(22-41(38)55(69)70)53(67)60-13-15-86-17-19-88-21-20-87-18-16-85-14-11-50(66)59-12-7-8-35-30-64(56(71)61-54(35)68)51-27-46(65)49(91-51)31-89-95(75,76)93-96(77,78)92-94(72,73)74/h9-10,22-26,28-30,46,49,51,65H,11-21,27,31-33H2,1-6H3,(H9-,59,60,61,66,67,68,69,70,71,72,73,74,75,76,77,78,79,80,81,82,83,84)/p+1/t46-,49+,51+/m0/s1. The number of carboxylic acid groups (broad SMARTS) is 1. The summed E-state index contributed by atoms with van der Waals surface area (Å²) in [7, 11) is -22.5. The minimum absolute atomic E-state index is 0.0167. The van der Waals surface area contributed by atoms with E-state index in [1.54, 1.807) is 50.5 Å². The molecule has 40 heteroatoms. The monoisotopic (exact) mass is 1470 g/mol. The number of phosphoric ester groups is 1. The lowest BCUT2D eigenvalue weighted by Crippen LogP contribution is -2.47. The molecule has 35 nitrogen and oxygen atoms in total. The van der Waals surface area contributed by atoms with Gasteiger partial charge in [0.15, 0.2) is 5.54 Å². The SMILES string of the molecule is CN1c2cc3c(cc2C(CS(=O)(=O)O)=CC1(C)C)C(c1ccc(C(=O)NCCOCCOCCOCCOCCC(=O)NCC#Cc2cn([C@H]4C[C@H](O)[C@@H](COP(=O)(O)OP(=O)(O)OP(=O)(O)O)O4)c(=O)[nH]c2=O)cc1C(=O)O)=c1cc2c(cc1O3)=[N+](C)C(C)(C)C=C2CS(=O)(=O)O. The predicted octanol–water partition coefficient (Wildman–Crippen LogP) is 0.618. The van der Waals surface area contributed by atoms with E-state index in [0.717, 1.165) is 10.8 Å². The molecular formula is C58H72N6O29P3S2+. The second-order valence-electron chi connectivity index (χ2n) is 23.6. The molecule has 0 bridgehead atoms. The van der Waals surface area contributed by atoms with Crippen LogP contribution in [0, 0.1) is 11.8 Å². The number of H-pyrrole nitrogens is 1. The third-order valence-corrected chi connectivity index (χ3v) is 20.8. The van der Waals surface area contributed by atoms with Crippen LogP contribution in [0.25, 0.3) is 16.7 Å². The molecule has 11 N–H and O–H groups in total. The molecule has 0 radical (unpaired) electrons. The minimum atomic E-state index is -5.82. The highest BCUT2D eigenvalue weighted by atomic mass is 32.2. The molecule has 5 heterocycles. The predicted molar refractivity (Wildman–Crippen MR) is 346 cm³/mol. The number of hydrogen-bond acceptors (Lipinski definition) is 23. The van der Waals surface area contributed by atoms with Gasteiger partial charge < -0.3 is 73.7 Å². The van der Waals surface area contributed by atoms with Crippen LogP contribution in [-0.4, -0.2) is 205 Å². The van der Waals surface area contributed by atoms with Crippen molar-refractivity contribution in [3.8, 4) is 23.3 Å². The number of aromatic carboxylic acids is 1. The van der Waals surface area contributed by atoms with E-state index >= 15 is 0 Å². The molecule has 1 aromatic heterocycles. The fourth-order valence-electron chi connectivity index (χ4n) is 10.8. The zero-order valence-electron chi connectivity index (χ0n) is 53.3. The van der Waals surface area contributed by atoms with Crippen molar-refractivity contribution >= 4 is 83.9 Å². The molecule has 0 spiro atoms. The van der Waals surface area contributed by atoms with E-state index < -0.39 is 120 Å². The summed E-state index contributed by atoms with van der Waals surface area (Å²) in [6.45, 7) is 7.30. The van der Waals surface area contributed by atoms with E-state index in [9.17, 15) is 83.6 Å². The third-order valence-electron chi connectivity index (χ3n) is 15.6. The molecule has 98 heavy (non-hydrogen) atoms. The summed E-state index contributed by atoms with van der Waals surface area (Å²) in [6, 6.07) is 10.8. The molecule has 3 aromatic carbocycles. The van der Waals surface area contributed by atoms with Gasteiger partial charge in [-0.1, -0.05) is 24.0 Å². The van der Waals surface area contributed by atoms with Gasteiger partial charge >= 0.3 is 35.1 Å². The summed E-state index contributed by atoms with van der Waals surface area (Å²) in [4.78, 5) is 105. The van der Waals surface area contributed by atoms with E-state index in [1.165, 1.54) is 18.2 Å². The van der Waals surface area contributed by atoms with Crippen molar-refractivity contribution < 1.29 is 125 Å². The van der Waals surface area contributed by atoms with E-state index in [2.05, 4.69) is 35.6 Å². The molecule has 2 amide bonds. The van der Waals surface area contributed by atoms with Crippen molar-refractivity contribution in [2.24, 2.45) is 0 Å². The Balaban J connectivity index is 0.776. The second-order valence-corrected chi connectivity index (χ2v) is 30.9. The molecular weight excluding hydrogens is 1400 g/mol. The van der Waals surface area contributed by atoms with Crippen molar-refractivity contribution in [3.05, 3.63) is 131 Å². The number of carbonyl (C=O) groups is 3. The molecule has 4 aliphatic heterocycles. The number of nitrogens with one attached hydrogen (secondary N) is 3. The number of likely N-dealkylation sites (N-methyl/N-ethyl adjacent to an activating group) is 2. The number of aliphatic hydroxyl groups is 1. The first kappa shape index (κ1) is 76.8. The van der Waals surface area contributed by atoms with Crippen molar-refractivity contribution in [2.75, 3.05) is 103 Å². The molecule has 2 unspecified atom stereocenters. The highest BCUT2D eigenvalue weighted by molar-refractivity contribution is 7.86. The van der Waals surface area contributed by atoms with E-state index in [4.69, 9.17) is 38.2 Å². The third kappa shape index (κ3) is 20.2. The first-order valence-electron chi connectivity index (χ1n) is 29.5. The summed E-state index contributed by atoms with van der Waals surface area (Å²) in [5.41, 5.74) is -1.44. The van der Waals surface area contributed by atoms with Crippen LogP contribution in [0.2, 0.25) is 0 Å². The van der Waals surface area contributed by atoms with Crippen LogP contribution < -0.4 is 46.7 Å². The smallest absolute Gasteiger partial charge is 0.478 e. The Morgan fingerprint density at radius 3 is 2.02 bits per heavy atom. The van der Waals surface area contributed by atoms with Crippen molar-refractivity contribution in [2.45, 2.75) is 70.1 Å². The Hall–Kier alpha value is -6.95. The fourth-order valence-corrected chi connectivity index (χ4v) is 15.1. The Morgan fingerprint density at radius 1 is 0.776 bits per heavy atom. The first-order chi connectivity index (χ1) is 45.6. The van der Waals surface area contributed by atoms with Gasteiger partial charge in [-0.3, -0.25) is 37.6 Å². The average molecular weight is 1470 g/mol. The number of carboxylic acids is 1. The van der Waals surface area contributed by atoms with E-state index in [0.29, 0.717) is 33.0 Å². The molecule has 1 fully saturated rings. The molecule has 4 aromatic rings. The second kappa shape index (κ2) is 30.9. The molecule has 8 rings (SSSR count). The number of aliphatic hydroxyl groups excluding tert-OH is 1. The number of phosphoric acid groups is 3. The van der Waals surface area contributed by atoms with Gasteiger partial charge in [0.1, 0.15) is 47.9 Å². The number of fused-ring (bicyclic) bond motifs is 4. The topological polar surface area (TPSA) is 501 Å². The number of aromatic amines is 1. The summed E-state index contributed by atoms with van der Waals surface area (Å²) < 4.78 is 153. The molecule has 0 saturated carbocycles. The van der Waals surface area contributed by atoms with Crippen LogP contribution in [0.4, 0.5) is 5.69 Å². The van der Waals surface area contributed by atoms with Crippen molar-refractivity contribution in [1.82, 2.24) is 24.8 Å². The number of ether oxygens (including phenoxy) is 6.